The Kier molecular flexibility index (Phi) is 7.61. The van der Waals surface area contributed by atoms with Gasteiger partial charge in [0.15, 0.2) is 0 Å². The Morgan fingerprint density at radius 3 is 2.50 bits per heavy atom. The second kappa shape index (κ2) is 7.88. The zero-order chi connectivity index (χ0) is 11.0. The number of hydrogen-bond donors (Lipinski definition) is 3. The Balaban J connectivity index is 0.000000364. The van der Waals surface area contributed by atoms with Crippen LogP contribution in [0.25, 0.3) is 0 Å². The van der Waals surface area contributed by atoms with Crippen LogP contribution in [0.3, 0.4) is 0 Å². The van der Waals surface area contributed by atoms with Gasteiger partial charge < -0.3 is 14.7 Å². The van der Waals surface area contributed by atoms with E-state index in [1.807, 2.05) is 12.4 Å². The predicted octanol–water partition coefficient (Wildman–Crippen LogP) is -0.260. The first-order valence-corrected chi connectivity index (χ1v) is 5.61. The molecule has 0 aromatic carbocycles. The highest BCUT2D eigenvalue weighted by atomic mass is 31.2. The fourth-order valence-electron chi connectivity index (χ4n) is 1.03. The van der Waals surface area contributed by atoms with Gasteiger partial charge in [-0.05, 0) is 6.42 Å². The molecule has 0 aliphatic rings. The number of nitrogens with one attached hydrogen (secondary N) is 1. The fourth-order valence-corrected chi connectivity index (χ4v) is 1.03. The lowest BCUT2D eigenvalue weighted by Gasteiger charge is -1.99. The maximum absolute atomic E-state index is 8.70. The molecule has 1 heterocycles. The van der Waals surface area contributed by atoms with Gasteiger partial charge in [0.05, 0.1) is 15.7 Å². The van der Waals surface area contributed by atoms with Crippen molar-refractivity contribution in [3.05, 3.63) is 18.2 Å². The molecule has 1 aromatic heterocycles. The molecule has 1 rings (SSSR count). The summed E-state index contributed by atoms with van der Waals surface area (Å²) in [5.41, 5.74) is 0. The minimum absolute atomic E-state index is 1.17. The largest absolute Gasteiger partial charge is 0.786 e. The summed E-state index contributed by atoms with van der Waals surface area (Å²) in [6.07, 6.45) is 7.73. The van der Waals surface area contributed by atoms with Crippen LogP contribution >= 0.6 is 8.60 Å². The molecular formula is C8H17N2O3P. The van der Waals surface area contributed by atoms with Gasteiger partial charge in [0, 0.05) is 6.42 Å². The molecule has 0 aliphatic heterocycles. The number of unbranched alkanes of at least 4 members (excludes halogenated alkanes) is 1. The molecule has 0 unspecified atom stereocenters. The lowest BCUT2D eigenvalue weighted by Crippen LogP contribution is -2.30. The van der Waals surface area contributed by atoms with Gasteiger partial charge in [0.1, 0.15) is 12.4 Å². The van der Waals surface area contributed by atoms with E-state index in [0.717, 1.165) is 0 Å². The Morgan fingerprint density at radius 2 is 2.14 bits per heavy atom. The minimum Gasteiger partial charge on any atom is -0.786 e. The van der Waals surface area contributed by atoms with Crippen LogP contribution < -0.4 is 9.46 Å². The Hall–Kier alpha value is -0.480. The summed E-state index contributed by atoms with van der Waals surface area (Å²) in [5.74, 6) is 1.32. The van der Waals surface area contributed by atoms with Crippen LogP contribution in [0.1, 0.15) is 25.6 Å². The standard InChI is InChI=1S/C8H14N2.H2O3P/c1-3-4-5-8-9-6-7-10(8)2;1-4(2)3/h6-7H,3-5H2,1-2H3;1-2H/q;-1/p+1. The van der Waals surface area contributed by atoms with Crippen molar-refractivity contribution < 1.29 is 19.2 Å². The van der Waals surface area contributed by atoms with Crippen LogP contribution in [-0.4, -0.2) is 14.8 Å². The summed E-state index contributed by atoms with van der Waals surface area (Å²) < 4.78 is 2.13. The number of H-pyrrole nitrogens is 1. The third kappa shape index (κ3) is 6.97. The van der Waals surface area contributed by atoms with Crippen LogP contribution in [-0.2, 0) is 13.5 Å². The van der Waals surface area contributed by atoms with Crippen LogP contribution in [0.5, 0.6) is 0 Å². The monoisotopic (exact) mass is 220 g/mol. The third-order valence-corrected chi connectivity index (χ3v) is 1.74. The van der Waals surface area contributed by atoms with Crippen molar-refractivity contribution in [1.29, 1.82) is 0 Å². The van der Waals surface area contributed by atoms with Crippen molar-refractivity contribution in [2.24, 2.45) is 7.05 Å². The highest BCUT2D eigenvalue weighted by Gasteiger charge is 2.03. The molecule has 5 nitrogen and oxygen atoms in total. The number of rotatable bonds is 3. The van der Waals surface area contributed by atoms with Crippen LogP contribution in [0.4, 0.5) is 0 Å². The number of aromatic nitrogens is 2. The number of hydrogen-bond acceptors (Lipinski definition) is 3. The molecule has 3 N–H and O–H groups in total. The molecule has 0 radical (unpaired) electrons. The smallest absolute Gasteiger partial charge is 0.253 e. The van der Waals surface area contributed by atoms with Crippen molar-refractivity contribution >= 4 is 8.60 Å². The van der Waals surface area contributed by atoms with E-state index in [9.17, 15) is 0 Å². The Labute approximate surface area is 85.0 Å². The Morgan fingerprint density at radius 1 is 1.57 bits per heavy atom. The molecule has 0 spiro atoms. The van der Waals surface area contributed by atoms with Gasteiger partial charge in [0.2, 0.25) is 0 Å². The summed E-state index contributed by atoms with van der Waals surface area (Å²) in [6, 6.07) is 0. The Bertz CT molecular complexity index is 237. The predicted molar refractivity (Wildman–Crippen MR) is 51.9 cm³/mol. The van der Waals surface area contributed by atoms with Crippen molar-refractivity contribution in [1.82, 2.24) is 4.98 Å². The van der Waals surface area contributed by atoms with Crippen LogP contribution in [0.15, 0.2) is 12.4 Å². The topological polar surface area (TPSA) is 83.2 Å². The molecule has 0 atom stereocenters. The van der Waals surface area contributed by atoms with E-state index in [1.165, 1.54) is 25.1 Å². The van der Waals surface area contributed by atoms with Crippen molar-refractivity contribution in [2.45, 2.75) is 26.2 Å². The number of aromatic amines is 1. The third-order valence-electron chi connectivity index (χ3n) is 1.74. The molecule has 0 bridgehead atoms. The summed E-state index contributed by atoms with van der Waals surface area (Å²) in [6.45, 7) is 2.21. The number of aryl methyl sites for hydroxylation is 2. The molecule has 1 aromatic rings. The highest BCUT2D eigenvalue weighted by molar-refractivity contribution is 7.36. The van der Waals surface area contributed by atoms with E-state index >= 15 is 0 Å². The molecule has 6 heteroatoms. The van der Waals surface area contributed by atoms with Crippen LogP contribution in [0.2, 0.25) is 0 Å². The first kappa shape index (κ1) is 13.5. The minimum atomic E-state index is -2.87. The number of nitrogens with zero attached hydrogens (tertiary/aromatic N) is 1. The van der Waals surface area contributed by atoms with E-state index in [0.29, 0.717) is 0 Å². The maximum Gasteiger partial charge on any atom is 0.253 e. The second-order valence-corrected chi connectivity index (χ2v) is 3.38. The molecule has 0 amide bonds. The molecular weight excluding hydrogens is 203 g/mol. The van der Waals surface area contributed by atoms with E-state index in [-0.39, 0.29) is 0 Å². The van der Waals surface area contributed by atoms with Crippen molar-refractivity contribution in [3.8, 4) is 0 Å². The average Bonchev–Trinajstić information content (AvgIpc) is 2.47. The summed E-state index contributed by atoms with van der Waals surface area (Å²) in [4.78, 5) is 26.1. The highest BCUT2D eigenvalue weighted by Crippen LogP contribution is 2.03. The van der Waals surface area contributed by atoms with Gasteiger partial charge in [-0.15, -0.1) is 0 Å². The van der Waals surface area contributed by atoms with Crippen molar-refractivity contribution in [3.63, 3.8) is 0 Å². The average molecular weight is 220 g/mol. The molecule has 0 saturated heterocycles. The van der Waals surface area contributed by atoms with Gasteiger partial charge in [-0.1, -0.05) is 13.3 Å². The van der Waals surface area contributed by atoms with E-state index in [1.54, 1.807) is 0 Å². The normalized spacial score (nSPS) is 9.86. The molecule has 0 saturated carbocycles. The number of imidazole rings is 1. The molecule has 0 aliphatic carbocycles. The van der Waals surface area contributed by atoms with E-state index < -0.39 is 8.60 Å². The first-order chi connectivity index (χ1) is 6.57. The molecule has 82 valence electrons. The summed E-state index contributed by atoms with van der Waals surface area (Å²) >= 11 is 0. The van der Waals surface area contributed by atoms with Gasteiger partial charge in [-0.2, -0.15) is 0 Å². The lowest BCUT2D eigenvalue weighted by atomic mass is 10.2. The maximum atomic E-state index is 8.70. The van der Waals surface area contributed by atoms with E-state index in [2.05, 4.69) is 23.5 Å². The van der Waals surface area contributed by atoms with Crippen LogP contribution in [0, 0.1) is 0 Å². The van der Waals surface area contributed by atoms with Gasteiger partial charge >= 0.3 is 0 Å². The lowest BCUT2D eigenvalue weighted by molar-refractivity contribution is -0.677. The molecule has 0 fully saturated rings. The molecule has 14 heavy (non-hydrogen) atoms. The summed E-state index contributed by atoms with van der Waals surface area (Å²) in [5, 5.41) is 0. The SMILES string of the molecule is CCCCc1[nH]cc[n+]1C.[O-]P(O)O. The van der Waals surface area contributed by atoms with Gasteiger partial charge in [-0.3, -0.25) is 0 Å². The zero-order valence-electron chi connectivity index (χ0n) is 8.47. The van der Waals surface area contributed by atoms with Gasteiger partial charge in [-0.25, -0.2) is 9.55 Å². The summed E-state index contributed by atoms with van der Waals surface area (Å²) in [7, 11) is -0.799. The van der Waals surface area contributed by atoms with Crippen molar-refractivity contribution in [2.75, 3.05) is 0 Å². The quantitative estimate of drug-likeness (QED) is 0.484. The van der Waals surface area contributed by atoms with E-state index in [4.69, 9.17) is 14.7 Å². The first-order valence-electron chi connectivity index (χ1n) is 4.44. The zero-order valence-corrected chi connectivity index (χ0v) is 9.37. The van der Waals surface area contributed by atoms with Gasteiger partial charge in [0.25, 0.3) is 5.82 Å². The fraction of sp³-hybridized carbons (Fsp3) is 0.625. The second-order valence-electron chi connectivity index (χ2n) is 2.87.